The van der Waals surface area contributed by atoms with Crippen LogP contribution in [0.25, 0.3) is 0 Å². The molecule has 0 aromatic heterocycles. The molecule has 0 bridgehead atoms. The smallest absolute Gasteiger partial charge is 0.263 e. The van der Waals surface area contributed by atoms with Crippen molar-refractivity contribution in [3.63, 3.8) is 0 Å². The van der Waals surface area contributed by atoms with Crippen LogP contribution in [0, 0.1) is 0 Å². The van der Waals surface area contributed by atoms with E-state index in [4.69, 9.17) is 21.1 Å². The molecule has 0 spiro atoms. The lowest BCUT2D eigenvalue weighted by Gasteiger charge is -2.29. The minimum absolute atomic E-state index is 0.0750. The molecule has 0 radical (unpaired) electrons. The Kier molecular flexibility index (Phi) is 5.45. The quantitative estimate of drug-likeness (QED) is 0.924. The second-order valence-electron chi connectivity index (χ2n) is 5.06. The molecule has 116 valence electrons. The summed E-state index contributed by atoms with van der Waals surface area (Å²) in [6.45, 7) is 5.65. The normalized spacial score (nSPS) is 18.2. The van der Waals surface area contributed by atoms with Crippen molar-refractivity contribution in [2.24, 2.45) is 0 Å². The largest absolute Gasteiger partial charge is 0.479 e. The van der Waals surface area contributed by atoms with Crippen molar-refractivity contribution < 1.29 is 19.4 Å². The van der Waals surface area contributed by atoms with Crippen LogP contribution >= 0.6 is 11.6 Å². The molecule has 1 N–H and O–H groups in total. The minimum atomic E-state index is -0.613. The summed E-state index contributed by atoms with van der Waals surface area (Å²) >= 11 is 6.13. The molecular weight excluding hydrogens is 294 g/mol. The summed E-state index contributed by atoms with van der Waals surface area (Å²) in [4.78, 5) is 14.0. The zero-order valence-corrected chi connectivity index (χ0v) is 13.0. The molecule has 1 saturated heterocycles. The Morgan fingerprint density at radius 1 is 1.38 bits per heavy atom. The van der Waals surface area contributed by atoms with Crippen LogP contribution in [-0.4, -0.2) is 48.3 Å². The van der Waals surface area contributed by atoms with Gasteiger partial charge in [0.25, 0.3) is 5.91 Å². The maximum atomic E-state index is 12.3. The van der Waals surface area contributed by atoms with Gasteiger partial charge in [-0.1, -0.05) is 17.7 Å². The van der Waals surface area contributed by atoms with Crippen LogP contribution in [0.4, 0.5) is 0 Å². The Bertz CT molecular complexity index is 500. The molecule has 1 aliphatic rings. The number of hydrogen-bond donors (Lipinski definition) is 1. The van der Waals surface area contributed by atoms with Crippen LogP contribution in [0.1, 0.15) is 25.5 Å². The van der Waals surface area contributed by atoms with E-state index in [1.165, 1.54) is 0 Å². The van der Waals surface area contributed by atoms with Crippen LogP contribution in [0.15, 0.2) is 18.2 Å². The number of benzene rings is 1. The lowest BCUT2D eigenvalue weighted by Crippen LogP contribution is -2.46. The van der Waals surface area contributed by atoms with E-state index < -0.39 is 12.2 Å². The van der Waals surface area contributed by atoms with Gasteiger partial charge in [-0.3, -0.25) is 4.79 Å². The molecule has 0 aliphatic carbocycles. The lowest BCUT2D eigenvalue weighted by atomic mass is 10.1. The van der Waals surface area contributed by atoms with Gasteiger partial charge < -0.3 is 19.5 Å². The van der Waals surface area contributed by atoms with Gasteiger partial charge in [-0.25, -0.2) is 0 Å². The van der Waals surface area contributed by atoms with Crippen molar-refractivity contribution in [2.45, 2.75) is 26.1 Å². The molecule has 1 heterocycles. The fourth-order valence-corrected chi connectivity index (χ4v) is 2.39. The van der Waals surface area contributed by atoms with E-state index in [9.17, 15) is 9.90 Å². The number of ether oxygens (including phenoxy) is 2. The second-order valence-corrected chi connectivity index (χ2v) is 5.47. The molecule has 0 saturated carbocycles. The van der Waals surface area contributed by atoms with Crippen LogP contribution in [0.2, 0.25) is 5.02 Å². The van der Waals surface area contributed by atoms with Gasteiger partial charge in [0.15, 0.2) is 6.10 Å². The molecule has 2 atom stereocenters. The molecule has 2 rings (SSSR count). The van der Waals surface area contributed by atoms with E-state index in [0.717, 1.165) is 0 Å². The average Bonchev–Trinajstić information content (AvgIpc) is 2.49. The monoisotopic (exact) mass is 313 g/mol. The molecule has 6 heteroatoms. The molecular formula is C15H20ClNO4. The summed E-state index contributed by atoms with van der Waals surface area (Å²) < 4.78 is 10.9. The van der Waals surface area contributed by atoms with Crippen molar-refractivity contribution in [3.8, 4) is 5.75 Å². The first kappa shape index (κ1) is 16.1. The Labute approximate surface area is 129 Å². The van der Waals surface area contributed by atoms with Gasteiger partial charge in [0.1, 0.15) is 5.75 Å². The number of hydrogen-bond acceptors (Lipinski definition) is 4. The number of carbonyl (C=O) groups excluding carboxylic acids is 1. The first-order valence-electron chi connectivity index (χ1n) is 6.99. The van der Waals surface area contributed by atoms with Crippen LogP contribution in [0.3, 0.4) is 0 Å². The first-order chi connectivity index (χ1) is 9.99. The number of carbonyl (C=O) groups is 1. The predicted octanol–water partition coefficient (Wildman–Crippen LogP) is 2.02. The summed E-state index contributed by atoms with van der Waals surface area (Å²) in [5.41, 5.74) is 0.708. The van der Waals surface area contributed by atoms with Gasteiger partial charge in [-0.2, -0.15) is 0 Å². The fourth-order valence-electron chi connectivity index (χ4n) is 2.15. The number of aliphatic hydroxyl groups is 1. The van der Waals surface area contributed by atoms with Gasteiger partial charge in [0.2, 0.25) is 0 Å². The van der Waals surface area contributed by atoms with E-state index in [0.29, 0.717) is 42.6 Å². The summed E-state index contributed by atoms with van der Waals surface area (Å²) in [5.74, 6) is 0.365. The summed E-state index contributed by atoms with van der Waals surface area (Å²) in [7, 11) is 0. The van der Waals surface area contributed by atoms with E-state index in [1.54, 1.807) is 36.9 Å². The molecule has 1 amide bonds. The molecule has 1 aromatic carbocycles. The van der Waals surface area contributed by atoms with Crippen LogP contribution in [0.5, 0.6) is 5.75 Å². The summed E-state index contributed by atoms with van der Waals surface area (Å²) in [6, 6.07) is 5.05. The molecule has 1 aromatic rings. The van der Waals surface area contributed by atoms with Crippen LogP contribution < -0.4 is 4.74 Å². The van der Waals surface area contributed by atoms with Crippen molar-refractivity contribution in [1.29, 1.82) is 0 Å². The average molecular weight is 314 g/mol. The second kappa shape index (κ2) is 7.11. The Morgan fingerprint density at radius 2 is 2.05 bits per heavy atom. The highest BCUT2D eigenvalue weighted by Crippen LogP contribution is 2.28. The summed E-state index contributed by atoms with van der Waals surface area (Å²) in [6.07, 6.45) is -1.21. The van der Waals surface area contributed by atoms with Gasteiger partial charge in [-0.15, -0.1) is 0 Å². The third-order valence-corrected chi connectivity index (χ3v) is 3.71. The zero-order chi connectivity index (χ0) is 15.4. The lowest BCUT2D eigenvalue weighted by molar-refractivity contribution is -0.142. The fraction of sp³-hybridized carbons (Fsp3) is 0.533. The highest BCUT2D eigenvalue weighted by molar-refractivity contribution is 6.32. The van der Waals surface area contributed by atoms with Crippen LogP contribution in [-0.2, 0) is 9.53 Å². The maximum Gasteiger partial charge on any atom is 0.263 e. The minimum Gasteiger partial charge on any atom is -0.479 e. The topological polar surface area (TPSA) is 59.0 Å². The van der Waals surface area contributed by atoms with Gasteiger partial charge in [0.05, 0.1) is 24.3 Å². The molecule has 21 heavy (non-hydrogen) atoms. The standard InChI is InChI=1S/C15H20ClNO4/c1-10(18)12-3-4-14(13(16)9-12)21-11(2)15(19)17-5-7-20-8-6-17/h3-4,9-11,18H,5-8H2,1-2H3/t10-,11?/m1/s1. The third-order valence-electron chi connectivity index (χ3n) is 3.41. The Hall–Kier alpha value is -1.30. The number of amides is 1. The maximum absolute atomic E-state index is 12.3. The third kappa shape index (κ3) is 4.09. The number of morpholine rings is 1. The summed E-state index contributed by atoms with van der Waals surface area (Å²) in [5, 5.41) is 9.89. The molecule has 1 fully saturated rings. The van der Waals surface area contributed by atoms with E-state index >= 15 is 0 Å². The van der Waals surface area contributed by atoms with E-state index in [1.807, 2.05) is 0 Å². The van der Waals surface area contributed by atoms with Crippen molar-refractivity contribution >= 4 is 17.5 Å². The number of aliphatic hydroxyl groups excluding tert-OH is 1. The van der Waals surface area contributed by atoms with Crippen molar-refractivity contribution in [2.75, 3.05) is 26.3 Å². The number of nitrogens with zero attached hydrogens (tertiary/aromatic N) is 1. The van der Waals surface area contributed by atoms with E-state index in [-0.39, 0.29) is 5.91 Å². The predicted molar refractivity (Wildman–Crippen MR) is 79.6 cm³/mol. The molecule has 5 nitrogen and oxygen atoms in total. The van der Waals surface area contributed by atoms with Crippen molar-refractivity contribution in [3.05, 3.63) is 28.8 Å². The highest BCUT2D eigenvalue weighted by atomic mass is 35.5. The number of halogens is 1. The Balaban J connectivity index is 2.01. The zero-order valence-electron chi connectivity index (χ0n) is 12.2. The van der Waals surface area contributed by atoms with Crippen molar-refractivity contribution in [1.82, 2.24) is 4.90 Å². The van der Waals surface area contributed by atoms with Gasteiger partial charge in [-0.05, 0) is 31.5 Å². The van der Waals surface area contributed by atoms with Gasteiger partial charge >= 0.3 is 0 Å². The first-order valence-corrected chi connectivity index (χ1v) is 7.37. The Morgan fingerprint density at radius 3 is 2.62 bits per heavy atom. The molecule has 1 aliphatic heterocycles. The number of rotatable bonds is 4. The highest BCUT2D eigenvalue weighted by Gasteiger charge is 2.24. The van der Waals surface area contributed by atoms with Gasteiger partial charge in [0, 0.05) is 13.1 Å². The SMILES string of the molecule is CC(Oc1ccc([C@@H](C)O)cc1Cl)C(=O)N1CCOCC1. The van der Waals surface area contributed by atoms with E-state index in [2.05, 4.69) is 0 Å². The molecule has 1 unspecified atom stereocenters.